The van der Waals surface area contributed by atoms with Crippen molar-refractivity contribution in [2.75, 3.05) is 19.6 Å². The molecule has 2 amide bonds. The zero-order valence-corrected chi connectivity index (χ0v) is 11.8. The summed E-state index contributed by atoms with van der Waals surface area (Å²) in [4.78, 5) is 22.9. The van der Waals surface area contributed by atoms with Crippen LogP contribution in [0.15, 0.2) is 0 Å². The van der Waals surface area contributed by atoms with Crippen LogP contribution in [0.5, 0.6) is 0 Å². The molecule has 0 aromatic carbocycles. The lowest BCUT2D eigenvalue weighted by Crippen LogP contribution is -2.43. The summed E-state index contributed by atoms with van der Waals surface area (Å²) >= 11 is 0. The maximum atomic E-state index is 11.6. The third-order valence-electron chi connectivity index (χ3n) is 2.60. The van der Waals surface area contributed by atoms with Gasteiger partial charge in [-0.25, -0.2) is 0 Å². The van der Waals surface area contributed by atoms with Crippen molar-refractivity contribution >= 4 is 11.8 Å². The maximum Gasteiger partial charge on any atom is 0.236 e. The molecule has 0 saturated carbocycles. The molecule has 0 fully saturated rings. The number of rotatable bonds is 10. The molecular weight excluding hydrogens is 230 g/mol. The largest absolute Gasteiger partial charge is 0.356 e. The minimum atomic E-state index is -0.249. The second kappa shape index (κ2) is 11.0. The van der Waals surface area contributed by atoms with Gasteiger partial charge in [0.15, 0.2) is 0 Å². The van der Waals surface area contributed by atoms with E-state index in [2.05, 4.69) is 22.9 Å². The molecule has 5 nitrogen and oxygen atoms in total. The molecule has 3 N–H and O–H groups in total. The molecule has 18 heavy (non-hydrogen) atoms. The zero-order valence-electron chi connectivity index (χ0n) is 11.8. The summed E-state index contributed by atoms with van der Waals surface area (Å²) in [6.07, 6.45) is 3.42. The molecule has 0 bridgehead atoms. The van der Waals surface area contributed by atoms with Crippen LogP contribution < -0.4 is 16.0 Å². The highest BCUT2D eigenvalue weighted by Gasteiger charge is 2.11. The Balaban J connectivity index is 3.59. The van der Waals surface area contributed by atoms with Gasteiger partial charge in [0.05, 0.1) is 6.04 Å². The van der Waals surface area contributed by atoms with Gasteiger partial charge in [0.2, 0.25) is 11.8 Å². The number of unbranched alkanes of at least 4 members (excludes halogenated alkanes) is 1. The van der Waals surface area contributed by atoms with E-state index < -0.39 is 0 Å². The average Bonchev–Trinajstić information content (AvgIpc) is 2.36. The highest BCUT2D eigenvalue weighted by Crippen LogP contribution is 1.87. The van der Waals surface area contributed by atoms with Crippen molar-refractivity contribution in [1.82, 2.24) is 16.0 Å². The smallest absolute Gasteiger partial charge is 0.236 e. The number of carbonyl (C=O) groups is 2. The van der Waals surface area contributed by atoms with Crippen LogP contribution in [0.25, 0.3) is 0 Å². The molecule has 0 spiro atoms. The van der Waals surface area contributed by atoms with Crippen LogP contribution in [-0.4, -0.2) is 37.5 Å². The topological polar surface area (TPSA) is 70.2 Å². The maximum absolute atomic E-state index is 11.6. The Kier molecular flexibility index (Phi) is 10.3. The van der Waals surface area contributed by atoms with Gasteiger partial charge in [-0.3, -0.25) is 9.59 Å². The number of hydrogen-bond acceptors (Lipinski definition) is 3. The molecule has 0 aromatic heterocycles. The van der Waals surface area contributed by atoms with E-state index in [4.69, 9.17) is 0 Å². The molecule has 0 aliphatic carbocycles. The third kappa shape index (κ3) is 8.98. The van der Waals surface area contributed by atoms with Crippen LogP contribution in [-0.2, 0) is 9.59 Å². The van der Waals surface area contributed by atoms with E-state index in [1.54, 1.807) is 0 Å². The molecule has 106 valence electrons. The van der Waals surface area contributed by atoms with Gasteiger partial charge in [-0.1, -0.05) is 20.3 Å². The van der Waals surface area contributed by atoms with Crippen LogP contribution in [0.3, 0.4) is 0 Å². The highest BCUT2D eigenvalue weighted by atomic mass is 16.2. The summed E-state index contributed by atoms with van der Waals surface area (Å²) in [6, 6.07) is -0.249. The van der Waals surface area contributed by atoms with Crippen LogP contribution in [0.1, 0.15) is 46.5 Å². The van der Waals surface area contributed by atoms with E-state index in [1.165, 1.54) is 0 Å². The van der Waals surface area contributed by atoms with Gasteiger partial charge in [-0.15, -0.1) is 0 Å². The van der Waals surface area contributed by atoms with Gasteiger partial charge >= 0.3 is 0 Å². The lowest BCUT2D eigenvalue weighted by molar-refractivity contribution is -0.124. The lowest BCUT2D eigenvalue weighted by Gasteiger charge is -2.13. The summed E-state index contributed by atoms with van der Waals surface area (Å²) in [7, 11) is 0. The second-order valence-corrected chi connectivity index (χ2v) is 4.42. The Hall–Kier alpha value is -1.10. The molecule has 1 atom stereocenters. The SMILES string of the molecule is CCCCNC(=O)C(C)NCCC(=O)NCCC. The highest BCUT2D eigenvalue weighted by molar-refractivity contribution is 5.81. The Bertz CT molecular complexity index is 244. The van der Waals surface area contributed by atoms with Gasteiger partial charge in [-0.05, 0) is 19.8 Å². The van der Waals surface area contributed by atoms with Crippen LogP contribution in [0.2, 0.25) is 0 Å². The fourth-order valence-corrected chi connectivity index (χ4v) is 1.39. The van der Waals surface area contributed by atoms with Gasteiger partial charge in [0, 0.05) is 26.1 Å². The van der Waals surface area contributed by atoms with E-state index in [9.17, 15) is 9.59 Å². The Labute approximate surface area is 110 Å². The average molecular weight is 257 g/mol. The minimum absolute atomic E-state index is 0.00239. The molecule has 0 aliphatic rings. The van der Waals surface area contributed by atoms with Crippen LogP contribution >= 0.6 is 0 Å². The van der Waals surface area contributed by atoms with Crippen molar-refractivity contribution in [2.24, 2.45) is 0 Å². The molecule has 0 heterocycles. The Morgan fingerprint density at radius 1 is 1.00 bits per heavy atom. The quantitative estimate of drug-likeness (QED) is 0.507. The van der Waals surface area contributed by atoms with Gasteiger partial charge in [-0.2, -0.15) is 0 Å². The Morgan fingerprint density at radius 3 is 2.33 bits per heavy atom. The van der Waals surface area contributed by atoms with Crippen molar-refractivity contribution < 1.29 is 9.59 Å². The van der Waals surface area contributed by atoms with Crippen LogP contribution in [0, 0.1) is 0 Å². The van der Waals surface area contributed by atoms with Crippen molar-refractivity contribution in [3.05, 3.63) is 0 Å². The summed E-state index contributed by atoms with van der Waals surface area (Å²) in [6.45, 7) is 7.87. The molecule has 0 aromatic rings. The molecule has 0 radical (unpaired) electrons. The monoisotopic (exact) mass is 257 g/mol. The molecule has 0 saturated heterocycles. The third-order valence-corrected chi connectivity index (χ3v) is 2.60. The van der Waals surface area contributed by atoms with E-state index in [0.717, 1.165) is 25.8 Å². The lowest BCUT2D eigenvalue weighted by atomic mass is 10.2. The fraction of sp³-hybridized carbons (Fsp3) is 0.846. The standard InChI is InChI=1S/C13H27N3O2/c1-4-6-9-16-13(18)11(3)14-10-7-12(17)15-8-5-2/h11,14H,4-10H2,1-3H3,(H,15,17)(H,16,18). The molecule has 1 unspecified atom stereocenters. The first-order valence-corrected chi connectivity index (χ1v) is 6.89. The summed E-state index contributed by atoms with van der Waals surface area (Å²) in [5.41, 5.74) is 0. The van der Waals surface area contributed by atoms with Crippen molar-refractivity contribution in [1.29, 1.82) is 0 Å². The molecule has 0 rings (SSSR count). The predicted molar refractivity (Wildman–Crippen MR) is 73.3 cm³/mol. The number of carbonyl (C=O) groups excluding carboxylic acids is 2. The van der Waals surface area contributed by atoms with Gasteiger partial charge < -0.3 is 16.0 Å². The fourth-order valence-electron chi connectivity index (χ4n) is 1.39. The van der Waals surface area contributed by atoms with Gasteiger partial charge in [0.1, 0.15) is 0 Å². The number of amides is 2. The van der Waals surface area contributed by atoms with Crippen molar-refractivity contribution in [3.8, 4) is 0 Å². The van der Waals surface area contributed by atoms with Crippen LogP contribution in [0.4, 0.5) is 0 Å². The first-order chi connectivity index (χ1) is 8.61. The zero-order chi connectivity index (χ0) is 13.8. The second-order valence-electron chi connectivity index (χ2n) is 4.42. The summed E-state index contributed by atoms with van der Waals surface area (Å²) in [5.74, 6) is 0.0281. The summed E-state index contributed by atoms with van der Waals surface area (Å²) in [5, 5.41) is 8.70. The van der Waals surface area contributed by atoms with E-state index in [-0.39, 0.29) is 17.9 Å². The van der Waals surface area contributed by atoms with E-state index in [0.29, 0.717) is 19.5 Å². The van der Waals surface area contributed by atoms with E-state index in [1.807, 2.05) is 13.8 Å². The first kappa shape index (κ1) is 16.9. The van der Waals surface area contributed by atoms with Crippen molar-refractivity contribution in [3.63, 3.8) is 0 Å². The Morgan fingerprint density at radius 2 is 1.72 bits per heavy atom. The van der Waals surface area contributed by atoms with Crippen molar-refractivity contribution in [2.45, 2.75) is 52.5 Å². The summed E-state index contributed by atoms with van der Waals surface area (Å²) < 4.78 is 0. The number of nitrogens with one attached hydrogen (secondary N) is 3. The first-order valence-electron chi connectivity index (χ1n) is 6.89. The molecule has 0 aliphatic heterocycles. The normalized spacial score (nSPS) is 11.9. The molecule has 5 heteroatoms. The minimum Gasteiger partial charge on any atom is -0.356 e. The number of hydrogen-bond donors (Lipinski definition) is 3. The predicted octanol–water partition coefficient (Wildman–Crippen LogP) is 0.797. The van der Waals surface area contributed by atoms with Gasteiger partial charge in [0.25, 0.3) is 0 Å². The van der Waals surface area contributed by atoms with E-state index >= 15 is 0 Å². The molecular formula is C13H27N3O2.